The van der Waals surface area contributed by atoms with Crippen LogP contribution < -0.4 is 15.4 Å². The third-order valence-electron chi connectivity index (χ3n) is 4.94. The Morgan fingerprint density at radius 3 is 2.34 bits per heavy atom. The van der Waals surface area contributed by atoms with E-state index in [9.17, 15) is 18.6 Å². The molecule has 10 nitrogen and oxygen atoms in total. The largest absolute Gasteiger partial charge is 0.494 e. The van der Waals surface area contributed by atoms with Gasteiger partial charge in [-0.15, -0.1) is 0 Å². The third kappa shape index (κ3) is 7.37. The second-order valence-electron chi connectivity index (χ2n) is 7.68. The Balaban J connectivity index is 1.88. The maximum atomic E-state index is 13.1. The van der Waals surface area contributed by atoms with Gasteiger partial charge in [-0.3, -0.25) is 19.4 Å². The Morgan fingerprint density at radius 1 is 1.03 bits per heavy atom. The summed E-state index contributed by atoms with van der Waals surface area (Å²) in [5.74, 6) is -1.51. The maximum Gasteiger partial charge on any atom is 0.296 e. The molecule has 1 unspecified atom stereocenters. The number of carbonyl (C=O) groups is 3. The van der Waals surface area contributed by atoms with Crippen LogP contribution in [0.15, 0.2) is 69.0 Å². The van der Waals surface area contributed by atoms with Crippen LogP contribution in [0.5, 0.6) is 5.75 Å². The summed E-state index contributed by atoms with van der Waals surface area (Å²) in [6.07, 6.45) is 3.71. The van der Waals surface area contributed by atoms with Gasteiger partial charge in [-0.1, -0.05) is 23.2 Å². The number of nitrogens with one attached hydrogen (secondary N) is 2. The van der Waals surface area contributed by atoms with Crippen molar-refractivity contribution in [2.75, 3.05) is 30.5 Å². The average Bonchev–Trinajstić information content (AvgIpc) is 2.89. The molecule has 0 bridgehead atoms. The molecular weight excluding hydrogens is 553 g/mol. The lowest BCUT2D eigenvalue weighted by atomic mass is 10.1. The number of pyridine rings is 1. The van der Waals surface area contributed by atoms with Crippen molar-refractivity contribution in [3.05, 3.63) is 75.9 Å². The zero-order valence-electron chi connectivity index (χ0n) is 20.5. The Labute approximate surface area is 229 Å². The number of halogens is 2. The van der Waals surface area contributed by atoms with Crippen LogP contribution in [0.3, 0.4) is 0 Å². The lowest BCUT2D eigenvalue weighted by molar-refractivity contribution is -0.111. The maximum absolute atomic E-state index is 13.1. The SMILES string of the molecule is CCN=CC(=O)N=S(C)(=O)c1ccc(C(=O)Nc2c(OC)cc(Cl)cc2C(=O)Nc2ccc(Cl)cn2)cc1. The number of carbonyl (C=O) groups excluding carboxylic acids is 3. The lowest BCUT2D eigenvalue weighted by Gasteiger charge is -2.16. The highest BCUT2D eigenvalue weighted by molar-refractivity contribution is 7.93. The topological polar surface area (TPSA) is 139 Å². The number of amides is 3. The minimum absolute atomic E-state index is 0.0266. The number of aromatic nitrogens is 1. The van der Waals surface area contributed by atoms with Gasteiger partial charge in [-0.2, -0.15) is 4.36 Å². The quantitative estimate of drug-likeness (QED) is 0.363. The molecule has 198 valence electrons. The minimum Gasteiger partial charge on any atom is -0.494 e. The van der Waals surface area contributed by atoms with Crippen LogP contribution in [0, 0.1) is 0 Å². The number of benzene rings is 2. The summed E-state index contributed by atoms with van der Waals surface area (Å²) in [7, 11) is -1.69. The summed E-state index contributed by atoms with van der Waals surface area (Å²) < 4.78 is 22.0. The smallest absolute Gasteiger partial charge is 0.296 e. The van der Waals surface area contributed by atoms with Crippen molar-refractivity contribution in [3.8, 4) is 5.75 Å². The number of nitrogens with zero attached hydrogens (tertiary/aromatic N) is 3. The summed E-state index contributed by atoms with van der Waals surface area (Å²) in [6.45, 7) is 2.15. The van der Waals surface area contributed by atoms with Crippen LogP contribution >= 0.6 is 23.2 Å². The summed E-state index contributed by atoms with van der Waals surface area (Å²) in [4.78, 5) is 46.0. The van der Waals surface area contributed by atoms with Crippen molar-refractivity contribution >= 4 is 68.4 Å². The van der Waals surface area contributed by atoms with Crippen molar-refractivity contribution < 1.29 is 23.3 Å². The molecule has 1 heterocycles. The van der Waals surface area contributed by atoms with Gasteiger partial charge in [0.15, 0.2) is 0 Å². The Morgan fingerprint density at radius 2 is 1.74 bits per heavy atom. The molecule has 0 aliphatic rings. The van der Waals surface area contributed by atoms with Gasteiger partial charge in [-0.05, 0) is 49.4 Å². The fourth-order valence-corrected chi connectivity index (χ4v) is 4.60. The number of rotatable bonds is 8. The monoisotopic (exact) mass is 575 g/mol. The molecule has 38 heavy (non-hydrogen) atoms. The van der Waals surface area contributed by atoms with E-state index in [1.54, 1.807) is 13.0 Å². The molecule has 0 aliphatic heterocycles. The van der Waals surface area contributed by atoms with Crippen LogP contribution in [0.25, 0.3) is 0 Å². The number of hydrogen-bond acceptors (Lipinski definition) is 7. The number of ether oxygens (including phenoxy) is 1. The molecule has 2 aromatic carbocycles. The number of aliphatic imine (C=N–C) groups is 1. The van der Waals surface area contributed by atoms with E-state index in [1.807, 2.05) is 0 Å². The zero-order chi connectivity index (χ0) is 27.9. The van der Waals surface area contributed by atoms with E-state index in [0.29, 0.717) is 11.6 Å². The van der Waals surface area contributed by atoms with E-state index in [1.165, 1.54) is 62.0 Å². The highest BCUT2D eigenvalue weighted by atomic mass is 35.5. The summed E-state index contributed by atoms with van der Waals surface area (Å²) in [5, 5.41) is 5.89. The fraction of sp³-hybridized carbons (Fsp3) is 0.160. The predicted octanol–water partition coefficient (Wildman–Crippen LogP) is 4.98. The van der Waals surface area contributed by atoms with Gasteiger partial charge >= 0.3 is 0 Å². The molecule has 3 rings (SSSR count). The normalized spacial score (nSPS) is 12.4. The first-order valence-corrected chi connectivity index (χ1v) is 13.7. The van der Waals surface area contributed by atoms with E-state index in [4.69, 9.17) is 27.9 Å². The van der Waals surface area contributed by atoms with Gasteiger partial charge in [0.05, 0.1) is 39.3 Å². The van der Waals surface area contributed by atoms with Crippen LogP contribution in [0.1, 0.15) is 27.6 Å². The predicted molar refractivity (Wildman–Crippen MR) is 148 cm³/mol. The number of methoxy groups -OCH3 is 1. The molecule has 0 saturated carbocycles. The first-order chi connectivity index (χ1) is 18.0. The van der Waals surface area contributed by atoms with Gasteiger partial charge in [0.25, 0.3) is 17.7 Å². The molecule has 0 fully saturated rings. The number of anilines is 2. The second kappa shape index (κ2) is 12.6. The minimum atomic E-state index is -3.06. The Hall–Kier alpha value is -3.80. The summed E-state index contributed by atoms with van der Waals surface area (Å²) in [6, 6.07) is 11.6. The Bertz CT molecular complexity index is 1520. The average molecular weight is 576 g/mol. The zero-order valence-corrected chi connectivity index (χ0v) is 22.9. The molecule has 1 atom stereocenters. The fourth-order valence-electron chi connectivity index (χ4n) is 3.15. The van der Waals surface area contributed by atoms with Crippen LogP contribution in [-0.4, -0.2) is 53.0 Å². The van der Waals surface area contributed by atoms with Crippen LogP contribution in [0.2, 0.25) is 10.0 Å². The second-order valence-corrected chi connectivity index (χ2v) is 10.8. The van der Waals surface area contributed by atoms with E-state index in [0.717, 1.165) is 6.21 Å². The van der Waals surface area contributed by atoms with E-state index in [2.05, 4.69) is 25.0 Å². The van der Waals surface area contributed by atoms with E-state index in [-0.39, 0.29) is 38.3 Å². The first kappa shape index (κ1) is 28.8. The molecular formula is C25H23Cl2N5O5S. The van der Waals surface area contributed by atoms with Gasteiger partial charge in [0.1, 0.15) is 11.6 Å². The van der Waals surface area contributed by atoms with Gasteiger partial charge in [0.2, 0.25) is 0 Å². The van der Waals surface area contributed by atoms with Crippen LogP contribution in [-0.2, 0) is 14.5 Å². The molecule has 0 spiro atoms. The van der Waals surface area contributed by atoms with E-state index < -0.39 is 27.5 Å². The van der Waals surface area contributed by atoms with Crippen molar-refractivity contribution in [2.45, 2.75) is 11.8 Å². The first-order valence-electron chi connectivity index (χ1n) is 11.0. The molecule has 0 aliphatic carbocycles. The standard InChI is InChI=1S/C25H23Cl2N5O5S/c1-4-28-14-22(33)32-38(3,36)18-8-5-15(6-9-18)24(34)31-23-19(11-17(27)12-20(23)37-2)25(35)30-21-10-7-16(26)13-29-21/h5-14H,4H2,1-3H3,(H,31,34)(H,29,30,35). The van der Waals surface area contributed by atoms with Crippen molar-refractivity contribution in [2.24, 2.45) is 9.36 Å². The van der Waals surface area contributed by atoms with Crippen molar-refractivity contribution in [3.63, 3.8) is 0 Å². The lowest BCUT2D eigenvalue weighted by Crippen LogP contribution is -2.19. The highest BCUT2D eigenvalue weighted by Gasteiger charge is 2.21. The molecule has 0 radical (unpaired) electrons. The molecule has 0 saturated heterocycles. The summed E-state index contributed by atoms with van der Waals surface area (Å²) >= 11 is 12.0. The van der Waals surface area contributed by atoms with Crippen molar-refractivity contribution in [1.82, 2.24) is 4.98 Å². The highest BCUT2D eigenvalue weighted by Crippen LogP contribution is 2.33. The van der Waals surface area contributed by atoms with Gasteiger partial charge in [-0.25, -0.2) is 9.19 Å². The third-order valence-corrected chi connectivity index (χ3v) is 7.06. The molecule has 13 heteroatoms. The summed E-state index contributed by atoms with van der Waals surface area (Å²) in [5.41, 5.74) is 0.289. The van der Waals surface area contributed by atoms with Crippen molar-refractivity contribution in [1.29, 1.82) is 0 Å². The Kier molecular flexibility index (Phi) is 9.56. The van der Waals surface area contributed by atoms with Crippen LogP contribution in [0.4, 0.5) is 11.5 Å². The molecule has 2 N–H and O–H groups in total. The molecule has 1 aromatic heterocycles. The van der Waals surface area contributed by atoms with E-state index >= 15 is 0 Å². The number of hydrogen-bond donors (Lipinski definition) is 2. The molecule has 3 aromatic rings. The van der Waals surface area contributed by atoms with Gasteiger partial charge in [0, 0.05) is 40.5 Å². The van der Waals surface area contributed by atoms with Gasteiger partial charge < -0.3 is 15.4 Å². The molecule has 3 amide bonds.